The Morgan fingerprint density at radius 2 is 1.65 bits per heavy atom. The number of nitrogens with one attached hydrogen (secondary N) is 2. The van der Waals surface area contributed by atoms with E-state index in [4.69, 9.17) is 16.3 Å². The Bertz CT molecular complexity index is 1040. The molecule has 2 unspecified atom stereocenters. The fourth-order valence-electron chi connectivity index (χ4n) is 5.41. The first kappa shape index (κ1) is 36.3. The number of aliphatic hydroxyl groups excluding tert-OH is 1. The third-order valence-electron chi connectivity index (χ3n) is 8.41. The molecule has 5 amide bonds. The number of alkyl halides is 1. The van der Waals surface area contributed by atoms with Crippen molar-refractivity contribution in [3.63, 3.8) is 0 Å². The average Bonchev–Trinajstić information content (AvgIpc) is 3.46. The number of cyclic esters (lactones) is 1. The first-order valence-corrected chi connectivity index (χ1v) is 15.5. The molecule has 13 nitrogen and oxygen atoms in total. The van der Waals surface area contributed by atoms with Crippen LogP contribution < -0.4 is 10.6 Å². The van der Waals surface area contributed by atoms with Gasteiger partial charge in [-0.25, -0.2) is 0 Å². The van der Waals surface area contributed by atoms with Crippen LogP contribution in [0, 0.1) is 11.8 Å². The molecule has 0 bridgehead atoms. The molecule has 0 saturated carbocycles. The average molecular weight is 630 g/mol. The lowest BCUT2D eigenvalue weighted by Crippen LogP contribution is -2.60. The minimum Gasteiger partial charge on any atom is -0.452 e. The molecule has 0 aromatic carbocycles. The quantitative estimate of drug-likeness (QED) is 0.278. The van der Waals surface area contributed by atoms with Crippen LogP contribution in [0.3, 0.4) is 0 Å². The fourth-order valence-corrected chi connectivity index (χ4v) is 5.54. The lowest BCUT2D eigenvalue weighted by Gasteiger charge is -2.38. The first-order chi connectivity index (χ1) is 20.2. The van der Waals surface area contributed by atoms with Crippen LogP contribution in [0.5, 0.6) is 0 Å². The highest BCUT2D eigenvalue weighted by Crippen LogP contribution is 2.23. The molecular weight excluding hydrogens is 582 g/mol. The Balaban J connectivity index is 2.54. The van der Waals surface area contributed by atoms with Crippen LogP contribution in [0.1, 0.15) is 66.7 Å². The molecular formula is C29H48ClN5O8. The summed E-state index contributed by atoms with van der Waals surface area (Å²) in [6.45, 7) is 8.91. The Morgan fingerprint density at radius 3 is 2.23 bits per heavy atom. The van der Waals surface area contributed by atoms with Gasteiger partial charge in [0.25, 0.3) is 5.91 Å². The molecule has 0 radical (unpaired) electrons. The van der Waals surface area contributed by atoms with Gasteiger partial charge in [0.2, 0.25) is 23.6 Å². The molecule has 0 aliphatic carbocycles. The molecule has 2 saturated heterocycles. The highest BCUT2D eigenvalue weighted by molar-refractivity contribution is 6.18. The van der Waals surface area contributed by atoms with Gasteiger partial charge in [-0.3, -0.25) is 28.8 Å². The zero-order valence-electron chi connectivity index (χ0n) is 26.3. The van der Waals surface area contributed by atoms with Crippen molar-refractivity contribution in [1.29, 1.82) is 0 Å². The molecule has 3 N–H and O–H groups in total. The number of fused-ring (bicyclic) bond motifs is 1. The van der Waals surface area contributed by atoms with Gasteiger partial charge >= 0.3 is 5.97 Å². The number of aliphatic hydroxyl groups is 1. The maximum absolute atomic E-state index is 13.9. The molecule has 244 valence electrons. The summed E-state index contributed by atoms with van der Waals surface area (Å²) in [5, 5.41) is 15.6. The van der Waals surface area contributed by atoms with Gasteiger partial charge in [-0.2, -0.15) is 0 Å². The van der Waals surface area contributed by atoms with Crippen LogP contribution in [0.15, 0.2) is 0 Å². The number of amides is 5. The highest BCUT2D eigenvalue weighted by Gasteiger charge is 2.43. The number of halogens is 1. The van der Waals surface area contributed by atoms with Gasteiger partial charge in [-0.05, 0) is 31.6 Å². The standard InChI is InChI=1S/C29H48ClN5O8/c1-8-17(4)23-28(41)34(7)24(16(2)3)29(42)33(6)18(5)25(38)31-12-11-22(37)43-21(14-19(36)15-30)27(40)35-13-9-10-20(35)26(39)32-23/h16-21,23-24,36H,8-15H2,1-7H3,(H,31,38)(H,32,39)/t17-,18-,19?,20-,21+,23-,24?/m0/s1. The van der Waals surface area contributed by atoms with E-state index in [2.05, 4.69) is 10.6 Å². The van der Waals surface area contributed by atoms with Crippen LogP contribution in [0.25, 0.3) is 0 Å². The Hall–Kier alpha value is -2.93. The highest BCUT2D eigenvalue weighted by atomic mass is 35.5. The van der Waals surface area contributed by atoms with Crippen LogP contribution in [-0.4, -0.2) is 125 Å². The molecule has 2 rings (SSSR count). The molecule has 0 spiro atoms. The monoisotopic (exact) mass is 629 g/mol. The zero-order chi connectivity index (χ0) is 32.6. The maximum Gasteiger partial charge on any atom is 0.308 e. The summed E-state index contributed by atoms with van der Waals surface area (Å²) in [6, 6.07) is -3.77. The summed E-state index contributed by atoms with van der Waals surface area (Å²) < 4.78 is 5.44. The fraction of sp³-hybridized carbons (Fsp3) is 0.793. The van der Waals surface area contributed by atoms with Crippen molar-refractivity contribution >= 4 is 47.1 Å². The maximum atomic E-state index is 13.9. The van der Waals surface area contributed by atoms with E-state index in [-0.39, 0.29) is 43.6 Å². The summed E-state index contributed by atoms with van der Waals surface area (Å²) in [7, 11) is 2.98. The van der Waals surface area contributed by atoms with E-state index in [1.807, 2.05) is 13.8 Å². The summed E-state index contributed by atoms with van der Waals surface area (Å²) in [5.41, 5.74) is 0. The van der Waals surface area contributed by atoms with E-state index in [0.29, 0.717) is 19.3 Å². The molecule has 0 aromatic rings. The van der Waals surface area contributed by atoms with Crippen molar-refractivity contribution in [3.8, 4) is 0 Å². The van der Waals surface area contributed by atoms with Crippen LogP contribution in [0.2, 0.25) is 0 Å². The summed E-state index contributed by atoms with van der Waals surface area (Å²) >= 11 is 5.76. The van der Waals surface area contributed by atoms with Crippen LogP contribution >= 0.6 is 11.6 Å². The van der Waals surface area contributed by atoms with Gasteiger partial charge in [0.15, 0.2) is 6.10 Å². The number of esters is 1. The molecule has 14 heteroatoms. The number of ether oxygens (including phenoxy) is 1. The third kappa shape index (κ3) is 9.04. The minimum absolute atomic E-state index is 0.125. The van der Waals surface area contributed by atoms with Crippen molar-refractivity contribution < 1.29 is 38.6 Å². The first-order valence-electron chi connectivity index (χ1n) is 15.0. The zero-order valence-corrected chi connectivity index (χ0v) is 27.1. The van der Waals surface area contributed by atoms with E-state index < -0.39 is 71.9 Å². The normalized spacial score (nSPS) is 28.9. The second kappa shape index (κ2) is 16.2. The van der Waals surface area contributed by atoms with E-state index >= 15 is 0 Å². The SMILES string of the molecule is CC[C@H](C)[C@@H]1NC(=O)[C@@H]2CCCN2C(=O)[C@@H](CC(O)CCl)OC(=O)CCNC(=O)[C@H](C)N(C)C(=O)C(C(C)C)N(C)C1=O. The predicted molar refractivity (Wildman–Crippen MR) is 159 cm³/mol. The number of hydrogen-bond acceptors (Lipinski definition) is 8. The third-order valence-corrected chi connectivity index (χ3v) is 8.77. The number of hydrogen-bond donors (Lipinski definition) is 3. The van der Waals surface area contributed by atoms with E-state index in [0.717, 1.165) is 0 Å². The van der Waals surface area contributed by atoms with E-state index in [9.17, 15) is 33.9 Å². The van der Waals surface area contributed by atoms with Crippen molar-refractivity contribution in [2.45, 2.75) is 103 Å². The van der Waals surface area contributed by atoms with Crippen molar-refractivity contribution in [3.05, 3.63) is 0 Å². The molecule has 2 aliphatic rings. The molecule has 0 aromatic heterocycles. The van der Waals surface area contributed by atoms with Crippen LogP contribution in [0.4, 0.5) is 0 Å². The number of carbonyl (C=O) groups is 6. The summed E-state index contributed by atoms with van der Waals surface area (Å²) in [6.07, 6.45) is -1.72. The van der Waals surface area contributed by atoms with Crippen molar-refractivity contribution in [2.24, 2.45) is 11.8 Å². The van der Waals surface area contributed by atoms with Gasteiger partial charge in [-0.1, -0.05) is 34.1 Å². The number of rotatable bonds is 6. The van der Waals surface area contributed by atoms with Gasteiger partial charge < -0.3 is 35.2 Å². The Morgan fingerprint density at radius 1 is 1.00 bits per heavy atom. The van der Waals surface area contributed by atoms with Crippen LogP contribution in [-0.2, 0) is 33.5 Å². The van der Waals surface area contributed by atoms with E-state index in [1.54, 1.807) is 13.8 Å². The lowest BCUT2D eigenvalue weighted by atomic mass is 9.94. The second-order valence-corrected chi connectivity index (χ2v) is 12.2. The molecule has 2 heterocycles. The number of likely N-dealkylation sites (N-methyl/N-ethyl adjacent to an activating group) is 2. The molecule has 2 aliphatic heterocycles. The molecule has 43 heavy (non-hydrogen) atoms. The number of nitrogens with zero attached hydrogens (tertiary/aromatic N) is 3. The van der Waals surface area contributed by atoms with Gasteiger partial charge in [-0.15, -0.1) is 11.6 Å². The van der Waals surface area contributed by atoms with Gasteiger partial charge in [0.1, 0.15) is 24.2 Å². The predicted octanol–water partition coefficient (Wildman–Crippen LogP) is 0.260. The van der Waals surface area contributed by atoms with Gasteiger partial charge in [0.05, 0.1) is 12.5 Å². The second-order valence-electron chi connectivity index (χ2n) is 11.9. The Kier molecular flexibility index (Phi) is 13.7. The molecule has 7 atom stereocenters. The van der Waals surface area contributed by atoms with E-state index in [1.165, 1.54) is 35.7 Å². The topological polar surface area (TPSA) is 166 Å². The van der Waals surface area contributed by atoms with Gasteiger partial charge in [0, 0.05) is 39.5 Å². The van der Waals surface area contributed by atoms with Crippen molar-refractivity contribution in [1.82, 2.24) is 25.3 Å². The number of carbonyl (C=O) groups excluding carboxylic acids is 6. The summed E-state index contributed by atoms with van der Waals surface area (Å²) in [4.78, 5) is 84.3. The lowest BCUT2D eigenvalue weighted by molar-refractivity contribution is -0.163. The molecule has 2 fully saturated rings. The Labute approximate surface area is 259 Å². The minimum atomic E-state index is -1.40. The van der Waals surface area contributed by atoms with Crippen molar-refractivity contribution in [2.75, 3.05) is 33.1 Å². The summed E-state index contributed by atoms with van der Waals surface area (Å²) in [5.74, 6) is -4.24. The largest absolute Gasteiger partial charge is 0.452 e. The smallest absolute Gasteiger partial charge is 0.308 e.